The Morgan fingerprint density at radius 2 is 2.00 bits per heavy atom. The first-order chi connectivity index (χ1) is 12.2. The molecule has 25 heavy (non-hydrogen) atoms. The van der Waals surface area contributed by atoms with Crippen LogP contribution in [0.1, 0.15) is 22.4 Å². The van der Waals surface area contributed by atoms with E-state index < -0.39 is 0 Å². The standard InChI is InChI=1S/C20H18N4O/c21-8-17(22)12-1-3-14-13(5-12)9-25-19-7-15-11(6-16(14)19)2-4-18-20(15)24-10-23-18/h1,3,5-8,10H,2,4,9,21-22H2,(H,23,24)/b17-8-. The molecule has 0 fully saturated rings. The van der Waals surface area contributed by atoms with Crippen LogP contribution in [-0.4, -0.2) is 9.97 Å². The van der Waals surface area contributed by atoms with Crippen LogP contribution in [0.3, 0.4) is 0 Å². The summed E-state index contributed by atoms with van der Waals surface area (Å²) in [5.74, 6) is 0.914. The molecule has 0 bridgehead atoms. The van der Waals surface area contributed by atoms with Crippen LogP contribution in [0, 0.1) is 0 Å². The predicted molar refractivity (Wildman–Crippen MR) is 97.6 cm³/mol. The number of aromatic nitrogens is 2. The molecule has 2 aliphatic rings. The molecule has 2 heterocycles. The number of rotatable bonds is 1. The van der Waals surface area contributed by atoms with E-state index in [0.717, 1.165) is 41.0 Å². The van der Waals surface area contributed by atoms with E-state index in [1.54, 1.807) is 6.33 Å². The van der Waals surface area contributed by atoms with Gasteiger partial charge in [-0.3, -0.25) is 0 Å². The highest BCUT2D eigenvalue weighted by Gasteiger charge is 2.24. The molecule has 5 rings (SSSR count). The van der Waals surface area contributed by atoms with Gasteiger partial charge >= 0.3 is 0 Å². The van der Waals surface area contributed by atoms with Crippen molar-refractivity contribution in [3.05, 3.63) is 65.2 Å². The molecular formula is C20H18N4O. The number of H-pyrrole nitrogens is 1. The van der Waals surface area contributed by atoms with Crippen molar-refractivity contribution in [2.24, 2.45) is 11.5 Å². The number of fused-ring (bicyclic) bond motifs is 6. The molecule has 5 nitrogen and oxygen atoms in total. The lowest BCUT2D eigenvalue weighted by Gasteiger charge is -2.25. The van der Waals surface area contributed by atoms with Gasteiger partial charge in [-0.15, -0.1) is 0 Å². The second kappa shape index (κ2) is 5.14. The topological polar surface area (TPSA) is 90.0 Å². The minimum Gasteiger partial charge on any atom is -0.488 e. The first-order valence-electron chi connectivity index (χ1n) is 8.38. The summed E-state index contributed by atoms with van der Waals surface area (Å²) in [4.78, 5) is 7.73. The van der Waals surface area contributed by atoms with E-state index >= 15 is 0 Å². The fraction of sp³-hybridized carbons (Fsp3) is 0.150. The fourth-order valence-electron chi connectivity index (χ4n) is 3.79. The fourth-order valence-corrected chi connectivity index (χ4v) is 3.79. The zero-order valence-corrected chi connectivity index (χ0v) is 13.7. The molecule has 124 valence electrons. The molecule has 1 aliphatic carbocycles. The molecule has 1 aliphatic heterocycles. The zero-order valence-electron chi connectivity index (χ0n) is 13.7. The lowest BCUT2D eigenvalue weighted by molar-refractivity contribution is 0.302. The molecule has 5 N–H and O–H groups in total. The molecular weight excluding hydrogens is 312 g/mol. The van der Waals surface area contributed by atoms with Gasteiger partial charge in [-0.25, -0.2) is 4.98 Å². The van der Waals surface area contributed by atoms with E-state index in [1.807, 2.05) is 6.07 Å². The van der Waals surface area contributed by atoms with Gasteiger partial charge in [0.15, 0.2) is 0 Å². The summed E-state index contributed by atoms with van der Waals surface area (Å²) in [6, 6.07) is 10.6. The number of hydrogen-bond acceptors (Lipinski definition) is 4. The maximum absolute atomic E-state index is 6.05. The largest absolute Gasteiger partial charge is 0.488 e. The van der Waals surface area contributed by atoms with Gasteiger partial charge in [0.1, 0.15) is 12.4 Å². The van der Waals surface area contributed by atoms with E-state index in [9.17, 15) is 0 Å². The van der Waals surface area contributed by atoms with Gasteiger partial charge in [0, 0.05) is 23.0 Å². The van der Waals surface area contributed by atoms with Crippen molar-refractivity contribution in [2.75, 3.05) is 0 Å². The molecule has 1 aromatic heterocycles. The van der Waals surface area contributed by atoms with Crippen molar-refractivity contribution < 1.29 is 4.74 Å². The van der Waals surface area contributed by atoms with Gasteiger partial charge in [-0.05, 0) is 53.3 Å². The van der Waals surface area contributed by atoms with Crippen LogP contribution in [-0.2, 0) is 19.4 Å². The maximum Gasteiger partial charge on any atom is 0.128 e. The number of aryl methyl sites for hydroxylation is 2. The normalized spacial score (nSPS) is 14.8. The Labute approximate surface area is 145 Å². The highest BCUT2D eigenvalue weighted by molar-refractivity contribution is 5.83. The smallest absolute Gasteiger partial charge is 0.128 e. The minimum absolute atomic E-state index is 0.528. The Morgan fingerprint density at radius 1 is 1.08 bits per heavy atom. The molecule has 5 heteroatoms. The van der Waals surface area contributed by atoms with Crippen molar-refractivity contribution in [3.63, 3.8) is 0 Å². The molecule has 0 radical (unpaired) electrons. The molecule has 0 atom stereocenters. The highest BCUT2D eigenvalue weighted by Crippen LogP contribution is 2.43. The van der Waals surface area contributed by atoms with Gasteiger partial charge in [0.05, 0.1) is 17.7 Å². The van der Waals surface area contributed by atoms with Gasteiger partial charge < -0.3 is 21.2 Å². The summed E-state index contributed by atoms with van der Waals surface area (Å²) < 4.78 is 6.05. The second-order valence-corrected chi connectivity index (χ2v) is 6.52. The van der Waals surface area contributed by atoms with Gasteiger partial charge in [0.2, 0.25) is 0 Å². The third-order valence-electron chi connectivity index (χ3n) is 5.11. The molecule has 0 saturated heterocycles. The third-order valence-corrected chi connectivity index (χ3v) is 5.11. The van der Waals surface area contributed by atoms with Gasteiger partial charge in [-0.2, -0.15) is 0 Å². The summed E-state index contributed by atoms with van der Waals surface area (Å²) >= 11 is 0. The Morgan fingerprint density at radius 3 is 2.88 bits per heavy atom. The summed E-state index contributed by atoms with van der Waals surface area (Å²) in [7, 11) is 0. The van der Waals surface area contributed by atoms with Crippen LogP contribution in [0.4, 0.5) is 0 Å². The van der Waals surface area contributed by atoms with Gasteiger partial charge in [-0.1, -0.05) is 12.1 Å². The van der Waals surface area contributed by atoms with Crippen LogP contribution in [0.2, 0.25) is 0 Å². The predicted octanol–water partition coefficient (Wildman–Crippen LogP) is 2.95. The average Bonchev–Trinajstić information content (AvgIpc) is 3.14. The maximum atomic E-state index is 6.05. The molecule has 2 aromatic carbocycles. The van der Waals surface area contributed by atoms with Crippen molar-refractivity contribution in [2.45, 2.75) is 19.4 Å². The number of hydrogen-bond donors (Lipinski definition) is 3. The SMILES string of the molecule is N/C=C(\N)c1ccc2c(c1)COc1cc3c(cc1-2)CCc1[nH]cnc1-3. The van der Waals surface area contributed by atoms with E-state index in [2.05, 4.69) is 34.2 Å². The number of imidazole rings is 1. The van der Waals surface area contributed by atoms with Crippen molar-refractivity contribution in [1.29, 1.82) is 0 Å². The van der Waals surface area contributed by atoms with E-state index in [4.69, 9.17) is 16.2 Å². The Bertz CT molecular complexity index is 1030. The molecule has 0 spiro atoms. The van der Waals surface area contributed by atoms with Crippen LogP contribution in [0.25, 0.3) is 28.1 Å². The lowest BCUT2D eigenvalue weighted by atomic mass is 9.86. The summed E-state index contributed by atoms with van der Waals surface area (Å²) in [6.45, 7) is 0.528. The number of aromatic amines is 1. The van der Waals surface area contributed by atoms with Crippen LogP contribution in [0.5, 0.6) is 5.75 Å². The Kier molecular flexibility index (Phi) is 2.91. The highest BCUT2D eigenvalue weighted by atomic mass is 16.5. The average molecular weight is 330 g/mol. The first kappa shape index (κ1) is 14.2. The molecule has 3 aromatic rings. The van der Waals surface area contributed by atoms with E-state index in [-0.39, 0.29) is 0 Å². The number of nitrogens with zero attached hydrogens (tertiary/aromatic N) is 1. The molecule has 0 amide bonds. The lowest BCUT2D eigenvalue weighted by Crippen LogP contribution is -2.10. The Hall–Kier alpha value is -3.21. The summed E-state index contributed by atoms with van der Waals surface area (Å²) in [5, 5.41) is 0. The number of nitrogens with one attached hydrogen (secondary N) is 1. The molecule has 0 unspecified atom stereocenters. The van der Waals surface area contributed by atoms with Crippen LogP contribution in [0.15, 0.2) is 42.9 Å². The Balaban J connectivity index is 1.66. The zero-order chi connectivity index (χ0) is 17.0. The van der Waals surface area contributed by atoms with Crippen LogP contribution >= 0.6 is 0 Å². The monoisotopic (exact) mass is 330 g/mol. The van der Waals surface area contributed by atoms with Crippen molar-refractivity contribution in [1.82, 2.24) is 9.97 Å². The van der Waals surface area contributed by atoms with E-state index in [1.165, 1.54) is 28.6 Å². The summed E-state index contributed by atoms with van der Waals surface area (Å²) in [6.07, 6.45) is 5.20. The molecule has 0 saturated carbocycles. The number of benzene rings is 2. The first-order valence-corrected chi connectivity index (χ1v) is 8.38. The summed E-state index contributed by atoms with van der Waals surface area (Å²) in [5.41, 5.74) is 21.2. The number of nitrogens with two attached hydrogens (primary N) is 2. The minimum atomic E-state index is 0.528. The quantitative estimate of drug-likeness (QED) is 0.640. The van der Waals surface area contributed by atoms with E-state index in [0.29, 0.717) is 12.3 Å². The van der Waals surface area contributed by atoms with Crippen LogP contribution < -0.4 is 16.2 Å². The van der Waals surface area contributed by atoms with Crippen molar-refractivity contribution >= 4 is 5.70 Å². The number of ether oxygens (including phenoxy) is 1. The van der Waals surface area contributed by atoms with Crippen molar-refractivity contribution in [3.8, 4) is 28.1 Å². The van der Waals surface area contributed by atoms with Gasteiger partial charge in [0.25, 0.3) is 0 Å². The second-order valence-electron chi connectivity index (χ2n) is 6.52. The third kappa shape index (κ3) is 2.05.